The SMILES string of the molecule is CCC(=O)c1ccc2[nH]c(=O)c(=O)[nH]c2c1. The van der Waals surface area contributed by atoms with Crippen molar-refractivity contribution in [2.75, 3.05) is 0 Å². The van der Waals surface area contributed by atoms with Crippen molar-refractivity contribution in [1.29, 1.82) is 0 Å². The Morgan fingerprint density at radius 1 is 1.12 bits per heavy atom. The first-order valence-electron chi connectivity index (χ1n) is 4.91. The number of H-pyrrole nitrogens is 2. The molecule has 0 bridgehead atoms. The minimum atomic E-state index is -0.714. The molecular formula is C11H10N2O3. The van der Waals surface area contributed by atoms with Crippen LogP contribution in [0.3, 0.4) is 0 Å². The molecule has 5 nitrogen and oxygen atoms in total. The second kappa shape index (κ2) is 3.77. The molecule has 0 aliphatic heterocycles. The molecule has 5 heteroatoms. The van der Waals surface area contributed by atoms with Crippen LogP contribution in [-0.2, 0) is 0 Å². The zero-order chi connectivity index (χ0) is 11.7. The summed E-state index contributed by atoms with van der Waals surface area (Å²) < 4.78 is 0. The highest BCUT2D eigenvalue weighted by molar-refractivity contribution is 5.98. The highest BCUT2D eigenvalue weighted by Crippen LogP contribution is 2.10. The summed E-state index contributed by atoms with van der Waals surface area (Å²) in [6.45, 7) is 1.77. The summed E-state index contributed by atoms with van der Waals surface area (Å²) in [4.78, 5) is 38.4. The summed E-state index contributed by atoms with van der Waals surface area (Å²) in [7, 11) is 0. The van der Waals surface area contributed by atoms with Gasteiger partial charge in [0.1, 0.15) is 0 Å². The molecule has 16 heavy (non-hydrogen) atoms. The number of hydrogen-bond donors (Lipinski definition) is 2. The highest BCUT2D eigenvalue weighted by Gasteiger charge is 2.05. The van der Waals surface area contributed by atoms with E-state index in [-0.39, 0.29) is 5.78 Å². The number of nitrogens with one attached hydrogen (secondary N) is 2. The summed E-state index contributed by atoms with van der Waals surface area (Å²) in [5.74, 6) is -0.00560. The number of fused-ring (bicyclic) bond motifs is 1. The van der Waals surface area contributed by atoms with Crippen LogP contribution < -0.4 is 11.1 Å². The normalized spacial score (nSPS) is 10.6. The van der Waals surface area contributed by atoms with E-state index in [9.17, 15) is 14.4 Å². The molecule has 1 aromatic carbocycles. The number of carbonyl (C=O) groups is 1. The maximum absolute atomic E-state index is 11.4. The molecule has 0 saturated heterocycles. The van der Waals surface area contributed by atoms with Crippen LogP contribution in [0.2, 0.25) is 0 Å². The van der Waals surface area contributed by atoms with E-state index < -0.39 is 11.1 Å². The summed E-state index contributed by atoms with van der Waals surface area (Å²) in [6.07, 6.45) is 0.402. The predicted octanol–water partition coefficient (Wildman–Crippen LogP) is 0.809. The fraction of sp³-hybridized carbons (Fsp3) is 0.182. The van der Waals surface area contributed by atoms with Crippen molar-refractivity contribution in [3.8, 4) is 0 Å². The van der Waals surface area contributed by atoms with E-state index in [1.165, 1.54) is 0 Å². The van der Waals surface area contributed by atoms with E-state index in [1.807, 2.05) is 0 Å². The molecule has 82 valence electrons. The quantitative estimate of drug-likeness (QED) is 0.578. The first-order chi connectivity index (χ1) is 7.61. The van der Waals surface area contributed by atoms with Crippen molar-refractivity contribution in [3.63, 3.8) is 0 Å². The lowest BCUT2D eigenvalue weighted by Gasteiger charge is -2.00. The van der Waals surface area contributed by atoms with Gasteiger partial charge in [-0.15, -0.1) is 0 Å². The first kappa shape index (κ1) is 10.4. The number of benzene rings is 1. The Kier molecular flexibility index (Phi) is 2.44. The third kappa shape index (κ3) is 1.67. The molecule has 0 spiro atoms. The molecule has 0 saturated carbocycles. The zero-order valence-corrected chi connectivity index (χ0v) is 8.66. The van der Waals surface area contributed by atoms with Gasteiger partial charge in [0.25, 0.3) is 0 Å². The maximum Gasteiger partial charge on any atom is 0.314 e. The average Bonchev–Trinajstić information content (AvgIpc) is 2.29. The molecule has 0 radical (unpaired) electrons. The van der Waals surface area contributed by atoms with Crippen molar-refractivity contribution in [1.82, 2.24) is 9.97 Å². The number of Topliss-reactive ketones (excluding diaryl/α,β-unsaturated/α-hetero) is 1. The number of rotatable bonds is 2. The lowest BCUT2D eigenvalue weighted by Crippen LogP contribution is -2.28. The summed E-state index contributed by atoms with van der Waals surface area (Å²) in [5.41, 5.74) is 0.0921. The van der Waals surface area contributed by atoms with Gasteiger partial charge in [-0.2, -0.15) is 0 Å². The highest BCUT2D eigenvalue weighted by atomic mass is 16.2. The van der Waals surface area contributed by atoms with Gasteiger partial charge < -0.3 is 9.97 Å². The predicted molar refractivity (Wildman–Crippen MR) is 59.8 cm³/mol. The van der Waals surface area contributed by atoms with Gasteiger partial charge >= 0.3 is 11.1 Å². The minimum absolute atomic E-state index is 0.00560. The lowest BCUT2D eigenvalue weighted by molar-refractivity contribution is 0.0988. The number of aromatic amines is 2. The standard InChI is InChI=1S/C11H10N2O3/c1-2-9(14)6-3-4-7-8(5-6)13-11(16)10(15)12-7/h3-5H,2H2,1H3,(H,12,15)(H,13,16). The Morgan fingerprint density at radius 2 is 1.75 bits per heavy atom. The first-order valence-corrected chi connectivity index (χ1v) is 4.91. The molecule has 2 N–H and O–H groups in total. The Balaban J connectivity index is 2.71. The van der Waals surface area contributed by atoms with Crippen LogP contribution in [0.1, 0.15) is 23.7 Å². The van der Waals surface area contributed by atoms with Crippen molar-refractivity contribution < 1.29 is 4.79 Å². The molecule has 0 aliphatic carbocycles. The third-order valence-corrected chi connectivity index (χ3v) is 2.37. The molecule has 0 atom stereocenters. The van der Waals surface area contributed by atoms with Crippen LogP contribution in [0.15, 0.2) is 27.8 Å². The molecule has 1 heterocycles. The fourth-order valence-electron chi connectivity index (χ4n) is 1.49. The van der Waals surface area contributed by atoms with E-state index in [0.717, 1.165) is 0 Å². The lowest BCUT2D eigenvalue weighted by atomic mass is 10.1. The van der Waals surface area contributed by atoms with E-state index >= 15 is 0 Å². The Labute approximate surface area is 90.1 Å². The summed E-state index contributed by atoms with van der Waals surface area (Å²) >= 11 is 0. The van der Waals surface area contributed by atoms with E-state index in [0.29, 0.717) is 23.0 Å². The van der Waals surface area contributed by atoms with E-state index in [4.69, 9.17) is 0 Å². The van der Waals surface area contributed by atoms with Gasteiger partial charge in [-0.1, -0.05) is 6.92 Å². The topological polar surface area (TPSA) is 82.8 Å². The number of hydrogen-bond acceptors (Lipinski definition) is 3. The van der Waals surface area contributed by atoms with Gasteiger partial charge in [-0.05, 0) is 18.2 Å². The summed E-state index contributed by atoms with van der Waals surface area (Å²) in [6, 6.07) is 4.80. The molecule has 1 aromatic heterocycles. The van der Waals surface area contributed by atoms with Gasteiger partial charge in [0.15, 0.2) is 5.78 Å². The van der Waals surface area contributed by atoms with Crippen LogP contribution in [0, 0.1) is 0 Å². The summed E-state index contributed by atoms with van der Waals surface area (Å²) in [5, 5.41) is 0. The van der Waals surface area contributed by atoms with Gasteiger partial charge in [-0.25, -0.2) is 0 Å². The van der Waals surface area contributed by atoms with E-state index in [2.05, 4.69) is 9.97 Å². The number of aromatic nitrogens is 2. The van der Waals surface area contributed by atoms with Crippen LogP contribution >= 0.6 is 0 Å². The number of carbonyl (C=O) groups excluding carboxylic acids is 1. The molecule has 0 fully saturated rings. The smallest absolute Gasteiger partial charge is 0.314 e. The van der Waals surface area contributed by atoms with E-state index in [1.54, 1.807) is 25.1 Å². The molecule has 2 aromatic rings. The van der Waals surface area contributed by atoms with Crippen molar-refractivity contribution in [2.24, 2.45) is 0 Å². The Morgan fingerprint density at radius 3 is 2.38 bits per heavy atom. The van der Waals surface area contributed by atoms with Gasteiger partial charge in [0.2, 0.25) is 0 Å². The average molecular weight is 218 g/mol. The van der Waals surface area contributed by atoms with Crippen LogP contribution in [0.25, 0.3) is 11.0 Å². The third-order valence-electron chi connectivity index (χ3n) is 2.37. The maximum atomic E-state index is 11.4. The molecule has 0 aliphatic rings. The molecule has 2 rings (SSSR count). The van der Waals surface area contributed by atoms with Crippen molar-refractivity contribution in [2.45, 2.75) is 13.3 Å². The fourth-order valence-corrected chi connectivity index (χ4v) is 1.49. The molecule has 0 amide bonds. The zero-order valence-electron chi connectivity index (χ0n) is 8.66. The van der Waals surface area contributed by atoms with Crippen LogP contribution in [0.5, 0.6) is 0 Å². The largest absolute Gasteiger partial charge is 0.316 e. The second-order valence-electron chi connectivity index (χ2n) is 3.45. The van der Waals surface area contributed by atoms with Crippen molar-refractivity contribution >= 4 is 16.8 Å². The van der Waals surface area contributed by atoms with Crippen molar-refractivity contribution in [3.05, 3.63) is 44.5 Å². The van der Waals surface area contributed by atoms with Gasteiger partial charge in [0, 0.05) is 12.0 Å². The van der Waals surface area contributed by atoms with Crippen LogP contribution in [-0.4, -0.2) is 15.8 Å². The molecular weight excluding hydrogens is 208 g/mol. The van der Waals surface area contributed by atoms with Gasteiger partial charge in [0.05, 0.1) is 11.0 Å². The van der Waals surface area contributed by atoms with Gasteiger partial charge in [-0.3, -0.25) is 14.4 Å². The molecule has 0 unspecified atom stereocenters. The monoisotopic (exact) mass is 218 g/mol. The van der Waals surface area contributed by atoms with Crippen LogP contribution in [0.4, 0.5) is 0 Å². The Hall–Kier alpha value is -2.17. The number of ketones is 1. The minimum Gasteiger partial charge on any atom is -0.316 e. The Bertz CT molecular complexity index is 667. The second-order valence-corrected chi connectivity index (χ2v) is 3.45.